The normalized spacial score (nSPS) is 5.67. The van der Waals surface area contributed by atoms with Crippen molar-refractivity contribution in [1.29, 1.82) is 10.5 Å². The van der Waals surface area contributed by atoms with Crippen LogP contribution < -0.4 is 0 Å². The monoisotopic (exact) mass is 212 g/mol. The van der Waals surface area contributed by atoms with Crippen LogP contribution >= 0.6 is 0 Å². The molecule has 0 radical (unpaired) electrons. The Balaban J connectivity index is 2.78. The van der Waals surface area contributed by atoms with E-state index in [0.29, 0.717) is 0 Å². The minimum absolute atomic E-state index is 0.0260. The molecule has 0 aromatic heterocycles. The van der Waals surface area contributed by atoms with Gasteiger partial charge in [0.15, 0.2) is 0 Å². The first-order valence-corrected chi connectivity index (χ1v) is 7.07. The summed E-state index contributed by atoms with van der Waals surface area (Å²) in [5.74, 6) is 0. The molecule has 0 atom stereocenters. The number of hydrogen-bond acceptors (Lipinski definition) is 2. The Hall–Kier alpha value is 0.0190. The van der Waals surface area contributed by atoms with Crippen LogP contribution in [0.2, 0.25) is 0 Å². The van der Waals surface area contributed by atoms with Gasteiger partial charge in [-0.05, 0) is 0 Å². The molecule has 0 N–H and O–H groups in total. The van der Waals surface area contributed by atoms with Gasteiger partial charge in [0.2, 0.25) is 0 Å². The summed E-state index contributed by atoms with van der Waals surface area (Å²) in [5.41, 5.74) is 0. The van der Waals surface area contributed by atoms with Crippen LogP contribution in [-0.2, 0) is 0 Å². The predicted octanol–water partition coefficient (Wildman–Crippen LogP) is -0.728. The molecule has 0 spiro atoms. The Kier molecular flexibility index (Phi) is 5.03. The van der Waals surface area contributed by atoms with E-state index in [4.69, 9.17) is 10.5 Å². The van der Waals surface area contributed by atoms with Crippen molar-refractivity contribution in [3.8, 4) is 9.94 Å². The van der Waals surface area contributed by atoms with Gasteiger partial charge in [-0.2, -0.15) is 0 Å². The van der Waals surface area contributed by atoms with E-state index in [1.807, 2.05) is 9.94 Å². The van der Waals surface area contributed by atoms with E-state index in [-0.39, 0.29) is 26.3 Å². The Morgan fingerprint density at radius 3 is 1.50 bits per heavy atom. The minimum atomic E-state index is -0.0260. The average molecular weight is 210 g/mol. The van der Waals surface area contributed by atoms with Crippen LogP contribution in [0.25, 0.3) is 0 Å². The summed E-state index contributed by atoms with van der Waals surface area (Å²) < 4.78 is 0. The van der Waals surface area contributed by atoms with Crippen molar-refractivity contribution in [3.05, 3.63) is 0 Å². The maximum absolute atomic E-state index is 7.84. The van der Waals surface area contributed by atoms with Crippen molar-refractivity contribution in [2.24, 2.45) is 0 Å². The molecule has 0 saturated heterocycles. The molecule has 0 aromatic rings. The predicted molar refractivity (Wildman–Crippen MR) is 22.7 cm³/mol. The van der Waals surface area contributed by atoms with Gasteiger partial charge >= 0.3 is 46.7 Å². The van der Waals surface area contributed by atoms with Crippen molar-refractivity contribution in [3.63, 3.8) is 0 Å². The molecule has 4 heteroatoms. The molecule has 30 valence electrons. The Morgan fingerprint density at radius 1 is 1.00 bits per heavy atom. The van der Waals surface area contributed by atoms with Crippen molar-refractivity contribution < 1.29 is 0 Å². The average Bonchev–Trinajstić information content (AvgIpc) is 1.61. The summed E-state index contributed by atoms with van der Waals surface area (Å²) in [6, 6.07) is 0. The molecule has 0 aliphatic heterocycles. The van der Waals surface area contributed by atoms with Gasteiger partial charge in [0.05, 0.1) is 0 Å². The Morgan fingerprint density at radius 2 is 1.33 bits per heavy atom. The van der Waals surface area contributed by atoms with Gasteiger partial charge in [0.1, 0.15) is 0 Å². The third-order valence-corrected chi connectivity index (χ3v) is 3.14. The van der Waals surface area contributed by atoms with Crippen molar-refractivity contribution in [2.75, 3.05) is 0 Å². The van der Waals surface area contributed by atoms with Crippen LogP contribution in [-0.4, -0.2) is 26.3 Å². The molecule has 0 amide bonds. The van der Waals surface area contributed by atoms with Gasteiger partial charge in [-0.1, -0.05) is 0 Å². The molecule has 2 nitrogen and oxygen atoms in total. The molecular formula is C2N2Se2. The summed E-state index contributed by atoms with van der Waals surface area (Å²) in [5, 5.41) is 15.7. The zero-order valence-electron chi connectivity index (χ0n) is 2.71. The van der Waals surface area contributed by atoms with E-state index >= 15 is 0 Å². The van der Waals surface area contributed by atoms with Crippen LogP contribution in [0.5, 0.6) is 0 Å². The molecule has 0 aliphatic carbocycles. The van der Waals surface area contributed by atoms with Gasteiger partial charge in [-0.25, -0.2) is 0 Å². The van der Waals surface area contributed by atoms with Crippen molar-refractivity contribution in [2.45, 2.75) is 0 Å². The van der Waals surface area contributed by atoms with Gasteiger partial charge in [0, 0.05) is 0 Å². The van der Waals surface area contributed by atoms with E-state index in [0.717, 1.165) is 0 Å². The molecule has 0 fully saturated rings. The first-order valence-electron chi connectivity index (χ1n) is 1.02. The molecule has 0 rings (SSSR count). The quantitative estimate of drug-likeness (QED) is 0.423. The van der Waals surface area contributed by atoms with Crippen LogP contribution in [0.15, 0.2) is 0 Å². The van der Waals surface area contributed by atoms with Crippen molar-refractivity contribution >= 4 is 26.3 Å². The van der Waals surface area contributed by atoms with Gasteiger partial charge in [-0.3, -0.25) is 0 Å². The zero-order chi connectivity index (χ0) is 4.83. The van der Waals surface area contributed by atoms with E-state index in [1.54, 1.807) is 0 Å². The first kappa shape index (κ1) is 6.02. The van der Waals surface area contributed by atoms with Crippen molar-refractivity contribution in [1.82, 2.24) is 0 Å². The van der Waals surface area contributed by atoms with E-state index in [1.165, 1.54) is 0 Å². The van der Waals surface area contributed by atoms with Crippen LogP contribution in [0.3, 0.4) is 0 Å². The number of nitriles is 2. The molecule has 6 heavy (non-hydrogen) atoms. The van der Waals surface area contributed by atoms with E-state index in [9.17, 15) is 0 Å². The van der Waals surface area contributed by atoms with Gasteiger partial charge in [-0.15, -0.1) is 0 Å². The molecule has 0 unspecified atom stereocenters. The molecule has 0 aliphatic rings. The fourth-order valence-corrected chi connectivity index (χ4v) is 1.01. The van der Waals surface area contributed by atoms with E-state index in [2.05, 4.69) is 0 Å². The topological polar surface area (TPSA) is 47.6 Å². The van der Waals surface area contributed by atoms with Gasteiger partial charge in [0.25, 0.3) is 0 Å². The number of rotatable bonds is 1. The summed E-state index contributed by atoms with van der Waals surface area (Å²) in [7, 11) is 0. The fourth-order valence-electron chi connectivity index (χ4n) is 0.0373. The molecule has 0 heterocycles. The Labute approximate surface area is 47.0 Å². The second-order valence-corrected chi connectivity index (χ2v) is 5.45. The molecule has 0 bridgehead atoms. The van der Waals surface area contributed by atoms with Gasteiger partial charge < -0.3 is 0 Å². The van der Waals surface area contributed by atoms with E-state index < -0.39 is 0 Å². The summed E-state index contributed by atoms with van der Waals surface area (Å²) in [6.45, 7) is 0. The second-order valence-electron chi connectivity index (χ2n) is 0.349. The summed E-state index contributed by atoms with van der Waals surface area (Å²) >= 11 is -0.0521. The second kappa shape index (κ2) is 5.02. The molecular weight excluding hydrogens is 210 g/mol. The Bertz CT molecular complexity index is 83.1. The number of nitrogens with zero attached hydrogens (tertiary/aromatic N) is 2. The molecule has 0 aromatic carbocycles. The SMILES string of the molecule is N#C[Se][Se]C#N. The third-order valence-electron chi connectivity index (χ3n) is 0.116. The summed E-state index contributed by atoms with van der Waals surface area (Å²) in [4.78, 5) is 3.87. The third kappa shape index (κ3) is 4.02. The maximum atomic E-state index is 7.84. The molecule has 0 saturated carbocycles. The standard InChI is InChI=1S/C2N2Se2/c3-1-5-6-2-4. The summed E-state index contributed by atoms with van der Waals surface area (Å²) in [6.07, 6.45) is 0. The van der Waals surface area contributed by atoms with Crippen LogP contribution in [0, 0.1) is 20.5 Å². The fraction of sp³-hybridized carbons (Fsp3) is 0. The zero-order valence-corrected chi connectivity index (χ0v) is 6.14. The van der Waals surface area contributed by atoms with Crippen LogP contribution in [0.4, 0.5) is 0 Å². The first-order chi connectivity index (χ1) is 2.91. The number of hydrogen-bond donors (Lipinski definition) is 0. The van der Waals surface area contributed by atoms with Crippen LogP contribution in [0.1, 0.15) is 0 Å².